The summed E-state index contributed by atoms with van der Waals surface area (Å²) >= 11 is 0. The molecule has 2 aromatic rings. The number of rotatable bonds is 4. The van der Waals surface area contributed by atoms with Crippen molar-refractivity contribution in [3.8, 4) is 0 Å². The molecule has 20 heavy (non-hydrogen) atoms. The van der Waals surface area contributed by atoms with Crippen molar-refractivity contribution in [2.24, 2.45) is 0 Å². The Labute approximate surface area is 122 Å². The lowest BCUT2D eigenvalue weighted by atomic mass is 9.77. The molecule has 0 saturated heterocycles. The Morgan fingerprint density at radius 2 is 1.95 bits per heavy atom. The van der Waals surface area contributed by atoms with Crippen molar-refractivity contribution in [2.45, 2.75) is 39.2 Å². The molecule has 104 valence electrons. The van der Waals surface area contributed by atoms with Crippen LogP contribution >= 0.6 is 0 Å². The van der Waals surface area contributed by atoms with Crippen molar-refractivity contribution in [1.29, 1.82) is 0 Å². The van der Waals surface area contributed by atoms with Crippen LogP contribution in [0, 0.1) is 13.8 Å². The van der Waals surface area contributed by atoms with E-state index in [1.54, 1.807) is 0 Å². The molecule has 0 amide bonds. The van der Waals surface area contributed by atoms with Crippen LogP contribution in [0.5, 0.6) is 0 Å². The van der Waals surface area contributed by atoms with Gasteiger partial charge >= 0.3 is 0 Å². The average Bonchev–Trinajstić information content (AvgIpc) is 2.42. The van der Waals surface area contributed by atoms with E-state index in [1.807, 2.05) is 0 Å². The number of aryl methyl sites for hydroxylation is 2. The summed E-state index contributed by atoms with van der Waals surface area (Å²) in [4.78, 5) is 0. The smallest absolute Gasteiger partial charge is 0.0294 e. The molecule has 0 aliphatic heterocycles. The fourth-order valence-electron chi connectivity index (χ4n) is 3.20. The normalized spacial score (nSPS) is 18.2. The van der Waals surface area contributed by atoms with Gasteiger partial charge in [-0.05, 0) is 49.4 Å². The summed E-state index contributed by atoms with van der Waals surface area (Å²) in [6.07, 6.45) is 1.22. The molecular weight excluding hydrogens is 242 g/mol. The van der Waals surface area contributed by atoms with E-state index in [1.165, 1.54) is 34.2 Å². The first-order chi connectivity index (χ1) is 9.65. The van der Waals surface area contributed by atoms with E-state index < -0.39 is 0 Å². The highest BCUT2D eigenvalue weighted by molar-refractivity contribution is 5.40. The Morgan fingerprint density at radius 3 is 2.75 bits per heavy atom. The minimum Gasteiger partial charge on any atom is -0.310 e. The quantitative estimate of drug-likeness (QED) is 0.869. The summed E-state index contributed by atoms with van der Waals surface area (Å²) in [7, 11) is 0. The van der Waals surface area contributed by atoms with Crippen molar-refractivity contribution < 1.29 is 0 Å². The second-order valence-electron chi connectivity index (χ2n) is 6.09. The first-order valence-corrected chi connectivity index (χ1v) is 7.53. The summed E-state index contributed by atoms with van der Waals surface area (Å²) in [5.41, 5.74) is 7.21. The van der Waals surface area contributed by atoms with Crippen molar-refractivity contribution >= 4 is 0 Å². The van der Waals surface area contributed by atoms with Crippen LogP contribution in [0.2, 0.25) is 0 Å². The van der Waals surface area contributed by atoms with E-state index in [4.69, 9.17) is 0 Å². The number of nitrogens with one attached hydrogen (secondary N) is 1. The maximum Gasteiger partial charge on any atom is 0.0294 e. The van der Waals surface area contributed by atoms with Gasteiger partial charge in [-0.15, -0.1) is 0 Å². The molecule has 0 spiro atoms. The van der Waals surface area contributed by atoms with Crippen LogP contribution in [0.4, 0.5) is 0 Å². The summed E-state index contributed by atoms with van der Waals surface area (Å²) in [6, 6.07) is 16.0. The Morgan fingerprint density at radius 1 is 1.15 bits per heavy atom. The molecule has 1 N–H and O–H groups in total. The number of benzene rings is 2. The van der Waals surface area contributed by atoms with E-state index in [9.17, 15) is 0 Å². The predicted octanol–water partition coefficient (Wildman–Crippen LogP) is 4.29. The second kappa shape index (κ2) is 5.41. The molecular formula is C19H23N. The van der Waals surface area contributed by atoms with Gasteiger partial charge in [-0.3, -0.25) is 0 Å². The Hall–Kier alpha value is -1.60. The molecule has 0 fully saturated rings. The highest BCUT2D eigenvalue weighted by atomic mass is 14.9. The van der Waals surface area contributed by atoms with E-state index >= 15 is 0 Å². The van der Waals surface area contributed by atoms with Gasteiger partial charge in [0.25, 0.3) is 0 Å². The lowest BCUT2D eigenvalue weighted by Gasteiger charge is -2.31. The zero-order chi connectivity index (χ0) is 14.1. The summed E-state index contributed by atoms with van der Waals surface area (Å²) < 4.78 is 0. The van der Waals surface area contributed by atoms with E-state index in [2.05, 4.69) is 68.6 Å². The third-order valence-electron chi connectivity index (χ3n) is 4.53. The molecule has 0 heterocycles. The first kappa shape index (κ1) is 13.4. The molecule has 3 rings (SSSR count). The number of fused-ring (bicyclic) bond motifs is 1. The monoisotopic (exact) mass is 265 g/mol. The molecule has 0 bridgehead atoms. The van der Waals surface area contributed by atoms with Gasteiger partial charge in [-0.1, -0.05) is 48.0 Å². The zero-order valence-corrected chi connectivity index (χ0v) is 12.6. The van der Waals surface area contributed by atoms with Crippen LogP contribution in [0.1, 0.15) is 46.7 Å². The number of hydrogen-bond donors (Lipinski definition) is 1. The van der Waals surface area contributed by atoms with Gasteiger partial charge in [0.15, 0.2) is 0 Å². The van der Waals surface area contributed by atoms with Crippen LogP contribution in [0.3, 0.4) is 0 Å². The first-order valence-electron chi connectivity index (χ1n) is 7.53. The minimum absolute atomic E-state index is 0.419. The van der Waals surface area contributed by atoms with Crippen LogP contribution in [-0.2, 0) is 6.42 Å². The summed E-state index contributed by atoms with van der Waals surface area (Å²) in [6.45, 7) is 7.71. The summed E-state index contributed by atoms with van der Waals surface area (Å²) in [5.74, 6) is 0.693. The highest BCUT2D eigenvalue weighted by Crippen LogP contribution is 2.34. The Bertz CT molecular complexity index is 615. The maximum atomic E-state index is 3.71. The average molecular weight is 265 g/mol. The van der Waals surface area contributed by atoms with Gasteiger partial charge < -0.3 is 5.32 Å². The molecule has 1 nitrogen and oxygen atoms in total. The van der Waals surface area contributed by atoms with Crippen LogP contribution in [-0.4, -0.2) is 6.54 Å². The lowest BCUT2D eigenvalue weighted by Crippen LogP contribution is -2.31. The van der Waals surface area contributed by atoms with E-state index in [0.717, 1.165) is 6.54 Å². The van der Waals surface area contributed by atoms with Crippen LogP contribution < -0.4 is 5.32 Å². The van der Waals surface area contributed by atoms with Crippen molar-refractivity contribution in [3.05, 3.63) is 70.3 Å². The van der Waals surface area contributed by atoms with Gasteiger partial charge in [-0.25, -0.2) is 0 Å². The fraction of sp³-hybridized carbons (Fsp3) is 0.368. The summed E-state index contributed by atoms with van der Waals surface area (Å²) in [5, 5.41) is 3.71. The molecule has 1 heteroatoms. The maximum absolute atomic E-state index is 3.71. The van der Waals surface area contributed by atoms with Gasteiger partial charge in [-0.2, -0.15) is 0 Å². The molecule has 1 aliphatic rings. The Balaban J connectivity index is 1.63. The standard InChI is InChI=1S/C19H23N/c1-13-8-9-14(2)19(10-13)15(3)20-12-17-11-16-6-4-5-7-18(16)17/h4-10,15,17,20H,11-12H2,1-3H3. The third-order valence-corrected chi connectivity index (χ3v) is 4.53. The van der Waals surface area contributed by atoms with E-state index in [-0.39, 0.29) is 0 Å². The third kappa shape index (κ3) is 2.51. The van der Waals surface area contributed by atoms with Gasteiger partial charge in [0.05, 0.1) is 0 Å². The van der Waals surface area contributed by atoms with Crippen LogP contribution in [0.15, 0.2) is 42.5 Å². The van der Waals surface area contributed by atoms with Gasteiger partial charge in [0, 0.05) is 18.5 Å². The minimum atomic E-state index is 0.419. The highest BCUT2D eigenvalue weighted by Gasteiger charge is 2.25. The Kier molecular flexibility index (Phi) is 3.62. The van der Waals surface area contributed by atoms with Crippen LogP contribution in [0.25, 0.3) is 0 Å². The largest absolute Gasteiger partial charge is 0.310 e. The van der Waals surface area contributed by atoms with E-state index in [0.29, 0.717) is 12.0 Å². The SMILES string of the molecule is Cc1ccc(C)c(C(C)NCC2Cc3ccccc32)c1. The molecule has 2 atom stereocenters. The molecule has 2 aromatic carbocycles. The molecule has 2 unspecified atom stereocenters. The van der Waals surface area contributed by atoms with Crippen molar-refractivity contribution in [3.63, 3.8) is 0 Å². The zero-order valence-electron chi connectivity index (χ0n) is 12.6. The topological polar surface area (TPSA) is 12.0 Å². The van der Waals surface area contributed by atoms with Crippen molar-refractivity contribution in [1.82, 2.24) is 5.32 Å². The predicted molar refractivity (Wildman–Crippen MR) is 85.2 cm³/mol. The van der Waals surface area contributed by atoms with Gasteiger partial charge in [0.2, 0.25) is 0 Å². The van der Waals surface area contributed by atoms with Gasteiger partial charge in [0.1, 0.15) is 0 Å². The number of hydrogen-bond acceptors (Lipinski definition) is 1. The second-order valence-corrected chi connectivity index (χ2v) is 6.09. The lowest BCUT2D eigenvalue weighted by molar-refractivity contribution is 0.488. The molecule has 0 radical (unpaired) electrons. The molecule has 0 saturated carbocycles. The van der Waals surface area contributed by atoms with Crippen molar-refractivity contribution in [2.75, 3.05) is 6.54 Å². The fourth-order valence-corrected chi connectivity index (χ4v) is 3.20. The molecule has 0 aromatic heterocycles. The molecule has 1 aliphatic carbocycles.